The maximum atomic E-state index is 3.55. The first-order chi connectivity index (χ1) is 7.78. The molecule has 0 aromatic rings. The molecule has 1 heterocycles. The van der Waals surface area contributed by atoms with Gasteiger partial charge in [-0.3, -0.25) is 0 Å². The summed E-state index contributed by atoms with van der Waals surface area (Å²) < 4.78 is 0. The Balaban J connectivity index is 1.74. The third-order valence-corrected chi connectivity index (χ3v) is 4.00. The molecule has 0 amide bonds. The lowest BCUT2D eigenvalue weighted by Crippen LogP contribution is -2.41. The van der Waals surface area contributed by atoms with Gasteiger partial charge in [-0.25, -0.2) is 0 Å². The second-order valence-electron chi connectivity index (χ2n) is 5.95. The highest BCUT2D eigenvalue weighted by Crippen LogP contribution is 2.30. The highest BCUT2D eigenvalue weighted by Gasteiger charge is 2.26. The van der Waals surface area contributed by atoms with Crippen molar-refractivity contribution in [3.05, 3.63) is 0 Å². The number of piperidine rings is 1. The zero-order valence-electron chi connectivity index (χ0n) is 11.0. The van der Waals surface area contributed by atoms with Crippen molar-refractivity contribution >= 4 is 0 Å². The molecule has 16 heavy (non-hydrogen) atoms. The molecular weight excluding hydrogens is 196 g/mol. The van der Waals surface area contributed by atoms with Crippen LogP contribution in [0, 0.1) is 11.8 Å². The summed E-state index contributed by atoms with van der Waals surface area (Å²) in [7, 11) is 0. The van der Waals surface area contributed by atoms with Gasteiger partial charge in [-0.15, -0.1) is 0 Å². The summed E-state index contributed by atoms with van der Waals surface area (Å²) in [6.45, 7) is 9.93. The second kappa shape index (κ2) is 6.02. The van der Waals surface area contributed by atoms with E-state index in [-0.39, 0.29) is 0 Å². The molecule has 1 saturated heterocycles. The molecule has 2 rings (SSSR count). The van der Waals surface area contributed by atoms with Gasteiger partial charge < -0.3 is 10.2 Å². The minimum atomic E-state index is 0.739. The van der Waals surface area contributed by atoms with Gasteiger partial charge in [0.2, 0.25) is 0 Å². The molecule has 0 bridgehead atoms. The molecule has 0 aromatic heterocycles. The minimum absolute atomic E-state index is 0.739. The van der Waals surface area contributed by atoms with E-state index in [1.54, 1.807) is 0 Å². The smallest absolute Gasteiger partial charge is 0.00418 e. The number of nitrogens with zero attached hydrogens (tertiary/aromatic N) is 1. The minimum Gasteiger partial charge on any atom is -0.314 e. The van der Waals surface area contributed by atoms with E-state index in [0.717, 1.165) is 17.9 Å². The fourth-order valence-electron chi connectivity index (χ4n) is 3.00. The average Bonchev–Trinajstić information content (AvgIpc) is 3.02. The fraction of sp³-hybridized carbons (Fsp3) is 1.00. The topological polar surface area (TPSA) is 15.3 Å². The van der Waals surface area contributed by atoms with Crippen molar-refractivity contribution in [3.8, 4) is 0 Å². The normalized spacial score (nSPS) is 30.9. The molecule has 1 aliphatic carbocycles. The van der Waals surface area contributed by atoms with Gasteiger partial charge in [-0.05, 0) is 64.0 Å². The number of hydrogen-bond donors (Lipinski definition) is 1. The van der Waals surface area contributed by atoms with E-state index in [1.165, 1.54) is 58.3 Å². The SMILES string of the molecule is CCCN(CC1CC1)CC1CCNC(C)C1. The first kappa shape index (κ1) is 12.4. The average molecular weight is 224 g/mol. The van der Waals surface area contributed by atoms with Crippen LogP contribution in [0.2, 0.25) is 0 Å². The Hall–Kier alpha value is -0.0800. The second-order valence-corrected chi connectivity index (χ2v) is 5.95. The summed E-state index contributed by atoms with van der Waals surface area (Å²) in [4.78, 5) is 2.74. The third kappa shape index (κ3) is 4.06. The summed E-state index contributed by atoms with van der Waals surface area (Å²) in [6, 6.07) is 0.739. The molecule has 2 fully saturated rings. The van der Waals surface area contributed by atoms with Crippen LogP contribution in [0.3, 0.4) is 0 Å². The van der Waals surface area contributed by atoms with E-state index in [4.69, 9.17) is 0 Å². The van der Waals surface area contributed by atoms with E-state index < -0.39 is 0 Å². The molecule has 94 valence electrons. The molecule has 0 radical (unpaired) electrons. The van der Waals surface area contributed by atoms with Gasteiger partial charge in [0.1, 0.15) is 0 Å². The first-order valence-corrected chi connectivity index (χ1v) is 7.23. The quantitative estimate of drug-likeness (QED) is 0.746. The molecule has 1 N–H and O–H groups in total. The van der Waals surface area contributed by atoms with Crippen molar-refractivity contribution < 1.29 is 0 Å². The van der Waals surface area contributed by atoms with E-state index in [9.17, 15) is 0 Å². The van der Waals surface area contributed by atoms with Crippen LogP contribution < -0.4 is 5.32 Å². The molecule has 0 spiro atoms. The summed E-state index contributed by atoms with van der Waals surface area (Å²) >= 11 is 0. The highest BCUT2D eigenvalue weighted by molar-refractivity contribution is 4.81. The maximum absolute atomic E-state index is 3.55. The fourth-order valence-corrected chi connectivity index (χ4v) is 3.00. The van der Waals surface area contributed by atoms with Gasteiger partial charge in [-0.1, -0.05) is 6.92 Å². The van der Waals surface area contributed by atoms with Crippen LogP contribution in [0.15, 0.2) is 0 Å². The van der Waals surface area contributed by atoms with E-state index >= 15 is 0 Å². The van der Waals surface area contributed by atoms with Crippen LogP contribution >= 0.6 is 0 Å². The molecule has 2 atom stereocenters. The van der Waals surface area contributed by atoms with Gasteiger partial charge >= 0.3 is 0 Å². The lowest BCUT2D eigenvalue weighted by molar-refractivity contribution is 0.186. The molecule has 2 aliphatic rings. The van der Waals surface area contributed by atoms with Gasteiger partial charge in [-0.2, -0.15) is 0 Å². The van der Waals surface area contributed by atoms with E-state index in [0.29, 0.717) is 0 Å². The van der Waals surface area contributed by atoms with E-state index in [1.807, 2.05) is 0 Å². The lowest BCUT2D eigenvalue weighted by Gasteiger charge is -2.32. The predicted molar refractivity (Wildman–Crippen MR) is 69.6 cm³/mol. The van der Waals surface area contributed by atoms with Crippen molar-refractivity contribution in [2.45, 2.75) is 52.0 Å². The van der Waals surface area contributed by atoms with Crippen LogP contribution in [-0.2, 0) is 0 Å². The van der Waals surface area contributed by atoms with Crippen molar-refractivity contribution in [1.29, 1.82) is 0 Å². The standard InChI is InChI=1S/C14H28N2/c1-3-8-16(10-13-4-5-13)11-14-6-7-15-12(2)9-14/h12-15H,3-11H2,1-2H3. The van der Waals surface area contributed by atoms with Crippen LogP contribution in [-0.4, -0.2) is 37.1 Å². The van der Waals surface area contributed by atoms with Crippen LogP contribution in [0.4, 0.5) is 0 Å². The van der Waals surface area contributed by atoms with Gasteiger partial charge in [0.15, 0.2) is 0 Å². The number of hydrogen-bond acceptors (Lipinski definition) is 2. The molecule has 0 aromatic carbocycles. The van der Waals surface area contributed by atoms with Crippen LogP contribution in [0.5, 0.6) is 0 Å². The molecular formula is C14H28N2. The maximum Gasteiger partial charge on any atom is 0.00418 e. The molecule has 2 nitrogen and oxygen atoms in total. The summed E-state index contributed by atoms with van der Waals surface area (Å²) in [5.74, 6) is 1.99. The van der Waals surface area contributed by atoms with Gasteiger partial charge in [0.25, 0.3) is 0 Å². The lowest BCUT2D eigenvalue weighted by atomic mass is 9.92. The Morgan fingerprint density at radius 1 is 1.12 bits per heavy atom. The zero-order chi connectivity index (χ0) is 11.4. The van der Waals surface area contributed by atoms with Crippen molar-refractivity contribution in [3.63, 3.8) is 0 Å². The largest absolute Gasteiger partial charge is 0.314 e. The first-order valence-electron chi connectivity index (χ1n) is 7.23. The summed E-state index contributed by atoms with van der Waals surface area (Å²) in [6.07, 6.45) is 7.05. The van der Waals surface area contributed by atoms with Gasteiger partial charge in [0.05, 0.1) is 0 Å². The predicted octanol–water partition coefficient (Wildman–Crippen LogP) is 2.50. The molecule has 1 aliphatic heterocycles. The molecule has 1 saturated carbocycles. The van der Waals surface area contributed by atoms with E-state index in [2.05, 4.69) is 24.1 Å². The van der Waals surface area contributed by atoms with Crippen molar-refractivity contribution in [1.82, 2.24) is 10.2 Å². The highest BCUT2D eigenvalue weighted by atomic mass is 15.1. The third-order valence-electron chi connectivity index (χ3n) is 4.00. The Morgan fingerprint density at radius 3 is 2.50 bits per heavy atom. The van der Waals surface area contributed by atoms with Crippen molar-refractivity contribution in [2.75, 3.05) is 26.2 Å². The van der Waals surface area contributed by atoms with Gasteiger partial charge in [0, 0.05) is 19.1 Å². The van der Waals surface area contributed by atoms with Crippen LogP contribution in [0.1, 0.15) is 46.0 Å². The Bertz CT molecular complexity index is 201. The molecule has 2 unspecified atom stereocenters. The Morgan fingerprint density at radius 2 is 1.88 bits per heavy atom. The molecule has 2 heteroatoms. The Labute approximate surface area is 101 Å². The van der Waals surface area contributed by atoms with Crippen LogP contribution in [0.25, 0.3) is 0 Å². The zero-order valence-corrected chi connectivity index (χ0v) is 11.0. The number of nitrogens with one attached hydrogen (secondary N) is 1. The monoisotopic (exact) mass is 224 g/mol. The van der Waals surface area contributed by atoms with Crippen molar-refractivity contribution in [2.24, 2.45) is 11.8 Å². The summed E-state index contributed by atoms with van der Waals surface area (Å²) in [5, 5.41) is 3.55. The Kier molecular flexibility index (Phi) is 4.66. The summed E-state index contributed by atoms with van der Waals surface area (Å²) in [5.41, 5.74) is 0. The number of rotatable bonds is 6.